The van der Waals surface area contributed by atoms with Crippen LogP contribution in [0.5, 0.6) is 0 Å². The van der Waals surface area contributed by atoms with Crippen LogP contribution in [-0.2, 0) is 6.42 Å². The van der Waals surface area contributed by atoms with Gasteiger partial charge in [-0.15, -0.1) is 0 Å². The molecule has 0 amide bonds. The minimum atomic E-state index is -0.239. The number of likely N-dealkylation sites (N-methyl/N-ethyl adjacent to an activating group) is 1. The van der Waals surface area contributed by atoms with Crippen molar-refractivity contribution in [1.82, 2.24) is 5.32 Å². The molecule has 2 aromatic rings. The summed E-state index contributed by atoms with van der Waals surface area (Å²) in [5, 5.41) is 3.16. The van der Waals surface area contributed by atoms with Gasteiger partial charge in [0.05, 0.1) is 16.8 Å². The SMILES string of the molecule is CNC(Cc1cccc(F)c1Br)c1ccco1. The van der Waals surface area contributed by atoms with E-state index in [1.54, 1.807) is 12.3 Å². The van der Waals surface area contributed by atoms with Crippen molar-refractivity contribution < 1.29 is 8.81 Å². The van der Waals surface area contributed by atoms with E-state index in [1.807, 2.05) is 25.2 Å². The summed E-state index contributed by atoms with van der Waals surface area (Å²) in [7, 11) is 1.86. The number of rotatable bonds is 4. The molecule has 0 saturated heterocycles. The van der Waals surface area contributed by atoms with Crippen LogP contribution in [0.1, 0.15) is 17.4 Å². The van der Waals surface area contributed by atoms with Crippen molar-refractivity contribution in [2.75, 3.05) is 7.05 Å². The van der Waals surface area contributed by atoms with Crippen molar-refractivity contribution in [3.63, 3.8) is 0 Å². The Balaban J connectivity index is 2.22. The third-order valence-electron chi connectivity index (χ3n) is 2.69. The zero-order valence-corrected chi connectivity index (χ0v) is 11.0. The Labute approximate surface area is 108 Å². The van der Waals surface area contributed by atoms with Gasteiger partial charge < -0.3 is 9.73 Å². The van der Waals surface area contributed by atoms with E-state index in [4.69, 9.17) is 4.42 Å². The minimum Gasteiger partial charge on any atom is -0.468 e. The average Bonchev–Trinajstić information content (AvgIpc) is 2.85. The highest BCUT2D eigenvalue weighted by molar-refractivity contribution is 9.10. The lowest BCUT2D eigenvalue weighted by Crippen LogP contribution is -2.18. The van der Waals surface area contributed by atoms with Crippen molar-refractivity contribution in [1.29, 1.82) is 0 Å². The third-order valence-corrected chi connectivity index (χ3v) is 3.58. The van der Waals surface area contributed by atoms with E-state index in [9.17, 15) is 4.39 Å². The standard InChI is InChI=1S/C13H13BrFNO/c1-16-11(12-6-3-7-17-12)8-9-4-2-5-10(15)13(9)14/h2-7,11,16H,8H2,1H3. The Morgan fingerprint density at radius 3 is 2.82 bits per heavy atom. The highest BCUT2D eigenvalue weighted by Gasteiger charge is 2.15. The van der Waals surface area contributed by atoms with Gasteiger partial charge in [0.2, 0.25) is 0 Å². The fourth-order valence-electron chi connectivity index (χ4n) is 1.76. The van der Waals surface area contributed by atoms with Gasteiger partial charge in [0.15, 0.2) is 0 Å². The molecule has 2 nitrogen and oxygen atoms in total. The summed E-state index contributed by atoms with van der Waals surface area (Å²) < 4.78 is 19.3. The second-order valence-electron chi connectivity index (χ2n) is 3.77. The van der Waals surface area contributed by atoms with Crippen LogP contribution in [0.3, 0.4) is 0 Å². The van der Waals surface area contributed by atoms with E-state index in [2.05, 4.69) is 21.2 Å². The molecule has 0 bridgehead atoms. The Bertz CT molecular complexity index is 484. The van der Waals surface area contributed by atoms with Gasteiger partial charge in [-0.2, -0.15) is 0 Å². The van der Waals surface area contributed by atoms with Crippen molar-refractivity contribution in [2.24, 2.45) is 0 Å². The number of hydrogen-bond acceptors (Lipinski definition) is 2. The second kappa shape index (κ2) is 5.47. The van der Waals surface area contributed by atoms with E-state index in [0.717, 1.165) is 11.3 Å². The first kappa shape index (κ1) is 12.3. The topological polar surface area (TPSA) is 25.2 Å². The van der Waals surface area contributed by atoms with Gasteiger partial charge in [0, 0.05) is 0 Å². The summed E-state index contributed by atoms with van der Waals surface area (Å²) in [5.74, 6) is 0.612. The molecule has 1 N–H and O–H groups in total. The Morgan fingerprint density at radius 1 is 1.35 bits per heavy atom. The first-order valence-electron chi connectivity index (χ1n) is 5.36. The largest absolute Gasteiger partial charge is 0.468 e. The lowest BCUT2D eigenvalue weighted by atomic mass is 10.0. The van der Waals surface area contributed by atoms with E-state index < -0.39 is 0 Å². The van der Waals surface area contributed by atoms with Gasteiger partial charge in [0.25, 0.3) is 0 Å². The smallest absolute Gasteiger partial charge is 0.137 e. The molecule has 1 atom stereocenters. The minimum absolute atomic E-state index is 0.0445. The van der Waals surface area contributed by atoms with Crippen LogP contribution in [0.4, 0.5) is 4.39 Å². The fraction of sp³-hybridized carbons (Fsp3) is 0.231. The predicted molar refractivity (Wildman–Crippen MR) is 68.3 cm³/mol. The molecule has 1 unspecified atom stereocenters. The van der Waals surface area contributed by atoms with Gasteiger partial charge in [-0.05, 0) is 53.2 Å². The number of hydrogen-bond donors (Lipinski definition) is 1. The first-order valence-corrected chi connectivity index (χ1v) is 6.15. The summed E-state index contributed by atoms with van der Waals surface area (Å²) in [6.45, 7) is 0. The van der Waals surface area contributed by atoms with Crippen LogP contribution in [0.15, 0.2) is 45.5 Å². The summed E-state index contributed by atoms with van der Waals surface area (Å²) in [5.41, 5.74) is 0.917. The number of furan rings is 1. The molecule has 17 heavy (non-hydrogen) atoms. The molecule has 90 valence electrons. The Morgan fingerprint density at radius 2 is 2.18 bits per heavy atom. The van der Waals surface area contributed by atoms with E-state index >= 15 is 0 Å². The van der Waals surface area contributed by atoms with Gasteiger partial charge in [0.1, 0.15) is 11.6 Å². The quantitative estimate of drug-likeness (QED) is 0.931. The van der Waals surface area contributed by atoms with Gasteiger partial charge in [-0.3, -0.25) is 0 Å². The summed E-state index contributed by atoms with van der Waals surface area (Å²) in [4.78, 5) is 0. The molecule has 0 aliphatic heterocycles. The molecule has 0 aliphatic carbocycles. The second-order valence-corrected chi connectivity index (χ2v) is 4.57. The number of halogens is 2. The highest BCUT2D eigenvalue weighted by Crippen LogP contribution is 2.26. The van der Waals surface area contributed by atoms with E-state index in [1.165, 1.54) is 6.07 Å². The number of nitrogens with one attached hydrogen (secondary N) is 1. The molecule has 1 heterocycles. The maximum atomic E-state index is 13.4. The molecule has 2 rings (SSSR count). The Hall–Kier alpha value is -1.13. The predicted octanol–water partition coefficient (Wildman–Crippen LogP) is 3.68. The molecule has 0 saturated carbocycles. The monoisotopic (exact) mass is 297 g/mol. The lowest BCUT2D eigenvalue weighted by Gasteiger charge is -2.14. The zero-order chi connectivity index (χ0) is 12.3. The summed E-state index contributed by atoms with van der Waals surface area (Å²) >= 11 is 3.27. The van der Waals surface area contributed by atoms with Crippen molar-refractivity contribution in [2.45, 2.75) is 12.5 Å². The fourth-order valence-corrected chi connectivity index (χ4v) is 2.19. The molecule has 0 spiro atoms. The van der Waals surface area contributed by atoms with Crippen molar-refractivity contribution in [3.8, 4) is 0 Å². The molecular formula is C13H13BrFNO. The molecule has 0 aliphatic rings. The molecule has 1 aromatic heterocycles. The zero-order valence-electron chi connectivity index (χ0n) is 9.41. The van der Waals surface area contributed by atoms with Gasteiger partial charge >= 0.3 is 0 Å². The van der Waals surface area contributed by atoms with E-state index in [0.29, 0.717) is 10.9 Å². The third kappa shape index (κ3) is 2.76. The van der Waals surface area contributed by atoms with Crippen molar-refractivity contribution >= 4 is 15.9 Å². The maximum Gasteiger partial charge on any atom is 0.137 e. The first-order chi connectivity index (χ1) is 8.22. The van der Waals surface area contributed by atoms with Gasteiger partial charge in [-0.1, -0.05) is 12.1 Å². The van der Waals surface area contributed by atoms with Crippen molar-refractivity contribution in [3.05, 3.63) is 58.2 Å². The molecule has 0 fully saturated rings. The van der Waals surface area contributed by atoms with E-state index in [-0.39, 0.29) is 11.9 Å². The molecule has 4 heteroatoms. The summed E-state index contributed by atoms with van der Waals surface area (Å²) in [6, 6.07) is 8.86. The van der Waals surface area contributed by atoms with Crippen LogP contribution in [0.2, 0.25) is 0 Å². The summed E-state index contributed by atoms with van der Waals surface area (Å²) in [6.07, 6.45) is 2.31. The molecule has 1 aromatic carbocycles. The molecular weight excluding hydrogens is 285 g/mol. The van der Waals surface area contributed by atoms with Crippen LogP contribution in [0, 0.1) is 5.82 Å². The number of benzene rings is 1. The molecule has 0 radical (unpaired) electrons. The maximum absolute atomic E-state index is 13.4. The van der Waals surface area contributed by atoms with Crippen LogP contribution < -0.4 is 5.32 Å². The highest BCUT2D eigenvalue weighted by atomic mass is 79.9. The van der Waals surface area contributed by atoms with Gasteiger partial charge in [-0.25, -0.2) is 4.39 Å². The normalized spacial score (nSPS) is 12.6. The lowest BCUT2D eigenvalue weighted by molar-refractivity contribution is 0.428. The average molecular weight is 298 g/mol. The Kier molecular flexibility index (Phi) is 3.97. The van der Waals surface area contributed by atoms with Crippen LogP contribution >= 0.6 is 15.9 Å². The van der Waals surface area contributed by atoms with Crippen LogP contribution in [-0.4, -0.2) is 7.05 Å². The van der Waals surface area contributed by atoms with Crippen LogP contribution in [0.25, 0.3) is 0 Å².